The van der Waals surface area contributed by atoms with Gasteiger partial charge in [-0.25, -0.2) is 0 Å². The maximum absolute atomic E-state index is 11.2. The zero-order valence-electron chi connectivity index (χ0n) is 12.4. The van der Waals surface area contributed by atoms with Gasteiger partial charge in [0, 0.05) is 6.42 Å². The number of carbonyl (C=O) groups excluding carboxylic acids is 1. The van der Waals surface area contributed by atoms with E-state index in [0.29, 0.717) is 17.9 Å². The summed E-state index contributed by atoms with van der Waals surface area (Å²) in [6.07, 6.45) is 4.34. The largest absolute Gasteiger partial charge is 0.494 e. The van der Waals surface area contributed by atoms with Gasteiger partial charge in [-0.3, -0.25) is 9.59 Å². The van der Waals surface area contributed by atoms with E-state index in [1.54, 1.807) is 24.3 Å². The molecule has 0 saturated carbocycles. The maximum Gasteiger partial charge on any atom is 0.311 e. The zero-order chi connectivity index (χ0) is 15.7. The van der Waals surface area contributed by atoms with E-state index in [0.717, 1.165) is 12.8 Å². The molecule has 0 bridgehead atoms. The van der Waals surface area contributed by atoms with Crippen LogP contribution in [0.2, 0.25) is 0 Å². The number of nitrogens with two attached hydrogens (primary N) is 1. The predicted octanol–water partition coefficient (Wildman–Crippen LogP) is 2.69. The first-order valence-electron chi connectivity index (χ1n) is 7.28. The van der Waals surface area contributed by atoms with Crippen LogP contribution in [0.15, 0.2) is 24.3 Å². The van der Waals surface area contributed by atoms with E-state index in [2.05, 4.69) is 6.92 Å². The van der Waals surface area contributed by atoms with Crippen LogP contribution in [0.3, 0.4) is 0 Å². The third-order valence-electron chi connectivity index (χ3n) is 3.25. The lowest BCUT2D eigenvalue weighted by Gasteiger charge is -2.12. The molecule has 0 heterocycles. The highest BCUT2D eigenvalue weighted by Gasteiger charge is 2.21. The number of rotatable bonds is 10. The highest BCUT2D eigenvalue weighted by Crippen LogP contribution is 2.22. The molecular weight excluding hydrogens is 270 g/mol. The summed E-state index contributed by atoms with van der Waals surface area (Å²) < 4.78 is 5.59. The van der Waals surface area contributed by atoms with E-state index in [1.807, 2.05) is 0 Å². The lowest BCUT2D eigenvalue weighted by Crippen LogP contribution is -2.20. The van der Waals surface area contributed by atoms with Crippen molar-refractivity contribution >= 4 is 11.9 Å². The number of aliphatic carboxylic acids is 1. The van der Waals surface area contributed by atoms with Crippen LogP contribution in [-0.2, 0) is 9.59 Å². The number of hydrogen-bond acceptors (Lipinski definition) is 3. The highest BCUT2D eigenvalue weighted by molar-refractivity contribution is 5.84. The molecule has 3 N–H and O–H groups in total. The van der Waals surface area contributed by atoms with Crippen LogP contribution in [0.1, 0.15) is 50.5 Å². The molecule has 1 aromatic rings. The fourth-order valence-electron chi connectivity index (χ4n) is 2.06. The quantitative estimate of drug-likeness (QED) is 0.649. The zero-order valence-corrected chi connectivity index (χ0v) is 12.4. The Labute approximate surface area is 125 Å². The minimum Gasteiger partial charge on any atom is -0.494 e. The summed E-state index contributed by atoms with van der Waals surface area (Å²) in [7, 11) is 0. The Morgan fingerprint density at radius 3 is 2.38 bits per heavy atom. The molecule has 5 heteroatoms. The first-order valence-corrected chi connectivity index (χ1v) is 7.28. The molecule has 0 aliphatic heterocycles. The highest BCUT2D eigenvalue weighted by atomic mass is 16.5. The summed E-state index contributed by atoms with van der Waals surface area (Å²) >= 11 is 0. The van der Waals surface area contributed by atoms with Crippen LogP contribution < -0.4 is 10.5 Å². The van der Waals surface area contributed by atoms with Gasteiger partial charge in [0.1, 0.15) is 5.75 Å². The van der Waals surface area contributed by atoms with E-state index < -0.39 is 17.8 Å². The molecule has 0 radical (unpaired) electrons. The molecule has 0 saturated heterocycles. The van der Waals surface area contributed by atoms with Crippen LogP contribution in [0.4, 0.5) is 0 Å². The molecule has 5 nitrogen and oxygen atoms in total. The van der Waals surface area contributed by atoms with Gasteiger partial charge in [-0.15, -0.1) is 0 Å². The second kappa shape index (κ2) is 9.00. The van der Waals surface area contributed by atoms with E-state index in [-0.39, 0.29) is 6.42 Å². The standard InChI is InChI=1S/C16H23NO4/c1-2-3-4-5-10-21-13-8-6-12(7-9-13)14(16(19)20)11-15(17)18/h6-9,14H,2-5,10-11H2,1H3,(H2,17,18)(H,19,20)/t14-/m1/s1. The lowest BCUT2D eigenvalue weighted by molar-refractivity contribution is -0.140. The first kappa shape index (κ1) is 17.0. The van der Waals surface area contributed by atoms with Crippen molar-refractivity contribution in [2.45, 2.75) is 44.9 Å². The number of carboxylic acid groups (broad SMARTS) is 1. The summed E-state index contributed by atoms with van der Waals surface area (Å²) in [5.74, 6) is -1.87. The van der Waals surface area contributed by atoms with Crippen LogP contribution in [-0.4, -0.2) is 23.6 Å². The fourth-order valence-corrected chi connectivity index (χ4v) is 2.06. The molecular formula is C16H23NO4. The Morgan fingerprint density at radius 1 is 1.19 bits per heavy atom. The van der Waals surface area contributed by atoms with Crippen molar-refractivity contribution in [1.82, 2.24) is 0 Å². The predicted molar refractivity (Wildman–Crippen MR) is 80.3 cm³/mol. The number of carbonyl (C=O) groups is 2. The Kier molecular flexibility index (Phi) is 7.29. The summed E-state index contributed by atoms with van der Waals surface area (Å²) in [6.45, 7) is 2.81. The van der Waals surface area contributed by atoms with Crippen LogP contribution in [0.25, 0.3) is 0 Å². The third kappa shape index (κ3) is 6.29. The number of benzene rings is 1. The average Bonchev–Trinajstić information content (AvgIpc) is 2.45. The molecule has 0 aliphatic rings. The van der Waals surface area contributed by atoms with Crippen molar-refractivity contribution in [3.05, 3.63) is 29.8 Å². The molecule has 1 rings (SSSR count). The van der Waals surface area contributed by atoms with E-state index >= 15 is 0 Å². The lowest BCUT2D eigenvalue weighted by atomic mass is 9.95. The molecule has 0 spiro atoms. The summed E-state index contributed by atoms with van der Waals surface area (Å²) in [5.41, 5.74) is 5.63. The van der Waals surface area contributed by atoms with Crippen molar-refractivity contribution in [1.29, 1.82) is 0 Å². The molecule has 21 heavy (non-hydrogen) atoms. The second-order valence-corrected chi connectivity index (χ2v) is 5.04. The summed E-state index contributed by atoms with van der Waals surface area (Å²) in [6, 6.07) is 6.80. The number of ether oxygens (including phenoxy) is 1. The van der Waals surface area contributed by atoms with Crippen molar-refractivity contribution in [2.75, 3.05) is 6.61 Å². The van der Waals surface area contributed by atoms with Crippen molar-refractivity contribution < 1.29 is 19.4 Å². The van der Waals surface area contributed by atoms with Gasteiger partial charge < -0.3 is 15.6 Å². The minimum atomic E-state index is -1.05. The van der Waals surface area contributed by atoms with Crippen LogP contribution >= 0.6 is 0 Å². The average molecular weight is 293 g/mol. The van der Waals surface area contributed by atoms with Crippen LogP contribution in [0, 0.1) is 0 Å². The van der Waals surface area contributed by atoms with Crippen molar-refractivity contribution in [2.24, 2.45) is 5.73 Å². The number of carboxylic acids is 1. The van der Waals surface area contributed by atoms with Crippen molar-refractivity contribution in [3.8, 4) is 5.75 Å². The van der Waals surface area contributed by atoms with E-state index in [4.69, 9.17) is 15.6 Å². The van der Waals surface area contributed by atoms with Gasteiger partial charge in [-0.05, 0) is 24.1 Å². The first-order chi connectivity index (χ1) is 10.0. The Hall–Kier alpha value is -2.04. The number of amides is 1. The Morgan fingerprint density at radius 2 is 1.86 bits per heavy atom. The summed E-state index contributed by atoms with van der Waals surface area (Å²) in [4.78, 5) is 22.1. The molecule has 1 atom stereocenters. The summed E-state index contributed by atoms with van der Waals surface area (Å²) in [5, 5.41) is 9.13. The van der Waals surface area contributed by atoms with Gasteiger partial charge in [0.05, 0.1) is 12.5 Å². The number of primary amides is 1. The van der Waals surface area contributed by atoms with Gasteiger partial charge in [0.2, 0.25) is 5.91 Å². The second-order valence-electron chi connectivity index (χ2n) is 5.04. The monoisotopic (exact) mass is 293 g/mol. The van der Waals surface area contributed by atoms with E-state index in [9.17, 15) is 9.59 Å². The Balaban J connectivity index is 2.55. The van der Waals surface area contributed by atoms with Gasteiger partial charge in [0.25, 0.3) is 0 Å². The third-order valence-corrected chi connectivity index (χ3v) is 3.25. The smallest absolute Gasteiger partial charge is 0.311 e. The van der Waals surface area contributed by atoms with Crippen molar-refractivity contribution in [3.63, 3.8) is 0 Å². The molecule has 1 amide bonds. The number of hydrogen-bond donors (Lipinski definition) is 2. The van der Waals surface area contributed by atoms with Gasteiger partial charge in [0.15, 0.2) is 0 Å². The molecule has 116 valence electrons. The molecule has 0 aromatic heterocycles. The topological polar surface area (TPSA) is 89.6 Å². The fraction of sp³-hybridized carbons (Fsp3) is 0.500. The Bertz CT molecular complexity index is 456. The normalized spacial score (nSPS) is 11.9. The molecule has 0 fully saturated rings. The SMILES string of the molecule is CCCCCCOc1ccc([C@@H](CC(N)=O)C(=O)O)cc1. The minimum absolute atomic E-state index is 0.202. The van der Waals surface area contributed by atoms with E-state index in [1.165, 1.54) is 12.8 Å². The maximum atomic E-state index is 11.2. The number of unbranched alkanes of at least 4 members (excludes halogenated alkanes) is 3. The van der Waals surface area contributed by atoms with Crippen LogP contribution in [0.5, 0.6) is 5.75 Å². The molecule has 0 unspecified atom stereocenters. The molecule has 1 aromatic carbocycles. The molecule has 0 aliphatic carbocycles. The van der Waals surface area contributed by atoms with Gasteiger partial charge in [-0.1, -0.05) is 38.3 Å². The van der Waals surface area contributed by atoms with Gasteiger partial charge >= 0.3 is 5.97 Å². The van der Waals surface area contributed by atoms with Gasteiger partial charge in [-0.2, -0.15) is 0 Å².